The monoisotopic (exact) mass is 490 g/mol. The molecule has 2 aromatic carbocycles. The number of carboxylic acids is 1. The van der Waals surface area contributed by atoms with Gasteiger partial charge in [0.2, 0.25) is 11.8 Å². The van der Waals surface area contributed by atoms with Crippen molar-refractivity contribution in [2.24, 2.45) is 5.92 Å². The van der Waals surface area contributed by atoms with E-state index in [2.05, 4.69) is 20.9 Å². The first-order valence-corrected chi connectivity index (χ1v) is 11.7. The van der Waals surface area contributed by atoms with Gasteiger partial charge in [0.15, 0.2) is 0 Å². The molecule has 0 bridgehead atoms. The highest BCUT2D eigenvalue weighted by molar-refractivity contribution is 5.99. The van der Waals surface area contributed by atoms with Crippen LogP contribution >= 0.6 is 0 Å². The summed E-state index contributed by atoms with van der Waals surface area (Å²) in [7, 11) is 0. The Morgan fingerprint density at radius 1 is 0.861 bits per heavy atom. The minimum atomic E-state index is -1.30. The largest absolute Gasteiger partial charge is 0.481 e. The Bertz CT molecular complexity index is 1230. The third-order valence-corrected chi connectivity index (χ3v) is 5.51. The zero-order valence-electron chi connectivity index (χ0n) is 20.2. The van der Waals surface area contributed by atoms with Crippen molar-refractivity contribution in [3.05, 3.63) is 78.1 Å². The van der Waals surface area contributed by atoms with E-state index in [9.17, 15) is 24.3 Å². The maximum absolute atomic E-state index is 13.1. The first kappa shape index (κ1) is 26.3. The van der Waals surface area contributed by atoms with Gasteiger partial charge in [-0.25, -0.2) is 0 Å². The van der Waals surface area contributed by atoms with Crippen LogP contribution in [0.15, 0.2) is 66.9 Å². The van der Waals surface area contributed by atoms with Crippen molar-refractivity contribution in [3.8, 4) is 0 Å². The second-order valence-electron chi connectivity index (χ2n) is 8.93. The molecular weight excluding hydrogens is 460 g/mol. The average Bonchev–Trinajstić information content (AvgIpc) is 2.86. The molecule has 9 nitrogen and oxygen atoms in total. The van der Waals surface area contributed by atoms with Crippen molar-refractivity contribution in [1.29, 1.82) is 0 Å². The first-order valence-electron chi connectivity index (χ1n) is 11.7. The number of amides is 3. The lowest BCUT2D eigenvalue weighted by atomic mass is 10.0. The fourth-order valence-corrected chi connectivity index (χ4v) is 3.71. The maximum Gasteiger partial charge on any atom is 0.305 e. The number of carbonyl (C=O) groups is 4. The van der Waals surface area contributed by atoms with Gasteiger partial charge in [-0.15, -0.1) is 0 Å². The van der Waals surface area contributed by atoms with Crippen LogP contribution in [0.2, 0.25) is 0 Å². The van der Waals surface area contributed by atoms with Crippen molar-refractivity contribution in [1.82, 2.24) is 20.9 Å². The second-order valence-corrected chi connectivity index (χ2v) is 8.93. The van der Waals surface area contributed by atoms with E-state index in [1.165, 1.54) is 0 Å². The zero-order valence-corrected chi connectivity index (χ0v) is 20.2. The molecule has 36 heavy (non-hydrogen) atoms. The van der Waals surface area contributed by atoms with Crippen LogP contribution in [0, 0.1) is 5.92 Å². The summed E-state index contributed by atoms with van der Waals surface area (Å²) in [5.41, 5.74) is 0.983. The normalized spacial score (nSPS) is 12.5. The SMILES string of the molecule is CC(C)C[C@H](NC(=O)c1cc2ccccc2cn1)C(=O)N[C@@H](CC(=O)O)C(=O)NCc1ccccc1. The highest BCUT2D eigenvalue weighted by atomic mass is 16.4. The number of pyridine rings is 1. The van der Waals surface area contributed by atoms with E-state index in [1.807, 2.05) is 68.4 Å². The molecule has 0 fully saturated rings. The van der Waals surface area contributed by atoms with Crippen LogP contribution in [-0.4, -0.2) is 45.9 Å². The molecule has 188 valence electrons. The van der Waals surface area contributed by atoms with Gasteiger partial charge in [0, 0.05) is 18.1 Å². The molecule has 0 aliphatic heterocycles. The maximum atomic E-state index is 13.1. The van der Waals surface area contributed by atoms with Crippen LogP contribution < -0.4 is 16.0 Å². The van der Waals surface area contributed by atoms with Crippen LogP contribution in [0.3, 0.4) is 0 Å². The van der Waals surface area contributed by atoms with Crippen LogP contribution in [0.4, 0.5) is 0 Å². The molecule has 9 heteroatoms. The Morgan fingerprint density at radius 3 is 2.19 bits per heavy atom. The molecule has 0 unspecified atom stereocenters. The van der Waals surface area contributed by atoms with Gasteiger partial charge in [0.25, 0.3) is 5.91 Å². The van der Waals surface area contributed by atoms with Crippen LogP contribution in [0.5, 0.6) is 0 Å². The highest BCUT2D eigenvalue weighted by Gasteiger charge is 2.29. The van der Waals surface area contributed by atoms with Crippen LogP contribution in [0.25, 0.3) is 10.8 Å². The van der Waals surface area contributed by atoms with E-state index in [1.54, 1.807) is 12.3 Å². The number of hydrogen-bond acceptors (Lipinski definition) is 5. The molecular formula is C27H30N4O5. The first-order chi connectivity index (χ1) is 17.2. The Morgan fingerprint density at radius 2 is 1.53 bits per heavy atom. The molecule has 0 aliphatic rings. The van der Waals surface area contributed by atoms with Crippen LogP contribution in [0.1, 0.15) is 42.7 Å². The summed E-state index contributed by atoms with van der Waals surface area (Å²) < 4.78 is 0. The number of hydrogen-bond donors (Lipinski definition) is 4. The Hall–Kier alpha value is -4.27. The minimum Gasteiger partial charge on any atom is -0.481 e. The van der Waals surface area contributed by atoms with Gasteiger partial charge in [-0.05, 0) is 29.4 Å². The van der Waals surface area contributed by atoms with E-state index in [0.29, 0.717) is 0 Å². The summed E-state index contributed by atoms with van der Waals surface area (Å²) in [6, 6.07) is 15.9. The molecule has 3 amide bonds. The smallest absolute Gasteiger partial charge is 0.305 e. The Balaban J connectivity index is 1.71. The molecule has 0 saturated heterocycles. The van der Waals surface area contributed by atoms with Gasteiger partial charge >= 0.3 is 5.97 Å². The third kappa shape index (κ3) is 7.63. The number of rotatable bonds is 11. The predicted molar refractivity (Wildman–Crippen MR) is 135 cm³/mol. The van der Waals surface area contributed by atoms with Gasteiger partial charge in [-0.1, -0.05) is 68.4 Å². The Labute approximate surface area is 209 Å². The third-order valence-electron chi connectivity index (χ3n) is 5.51. The van der Waals surface area contributed by atoms with Gasteiger partial charge in [-0.2, -0.15) is 0 Å². The molecule has 4 N–H and O–H groups in total. The number of nitrogens with one attached hydrogen (secondary N) is 3. The summed E-state index contributed by atoms with van der Waals surface area (Å²) in [4.78, 5) is 54.3. The molecule has 0 saturated carbocycles. The lowest BCUT2D eigenvalue weighted by Crippen LogP contribution is -2.54. The minimum absolute atomic E-state index is 0.0374. The molecule has 3 aromatic rings. The topological polar surface area (TPSA) is 137 Å². The lowest BCUT2D eigenvalue weighted by Gasteiger charge is -2.23. The van der Waals surface area contributed by atoms with Gasteiger partial charge < -0.3 is 21.1 Å². The fourth-order valence-electron chi connectivity index (χ4n) is 3.71. The fraction of sp³-hybridized carbons (Fsp3) is 0.296. The Kier molecular flexibility index (Phi) is 9.10. The summed E-state index contributed by atoms with van der Waals surface area (Å²) >= 11 is 0. The van der Waals surface area contributed by atoms with E-state index in [4.69, 9.17) is 0 Å². The van der Waals surface area contributed by atoms with Gasteiger partial charge in [0.05, 0.1) is 6.42 Å². The van der Waals surface area contributed by atoms with Crippen LogP contribution in [-0.2, 0) is 20.9 Å². The molecule has 0 spiro atoms. The molecule has 3 rings (SSSR count). The number of aromatic nitrogens is 1. The van der Waals surface area contributed by atoms with Crippen molar-refractivity contribution in [2.45, 2.75) is 45.3 Å². The zero-order chi connectivity index (χ0) is 26.1. The van der Waals surface area contributed by atoms with E-state index < -0.39 is 42.2 Å². The molecule has 1 heterocycles. The number of aliphatic carboxylic acids is 1. The molecule has 0 aliphatic carbocycles. The lowest BCUT2D eigenvalue weighted by molar-refractivity contribution is -0.140. The number of carbonyl (C=O) groups excluding carboxylic acids is 3. The van der Waals surface area contributed by atoms with Crippen molar-refractivity contribution in [2.75, 3.05) is 0 Å². The molecule has 1 aromatic heterocycles. The number of nitrogens with zero attached hydrogens (tertiary/aromatic N) is 1. The van der Waals surface area contributed by atoms with Crippen molar-refractivity contribution >= 4 is 34.5 Å². The summed E-state index contributed by atoms with van der Waals surface area (Å²) in [5, 5.41) is 18.9. The predicted octanol–water partition coefficient (Wildman–Crippen LogP) is 2.66. The molecule has 2 atom stereocenters. The average molecular weight is 491 g/mol. The molecule has 0 radical (unpaired) electrons. The number of benzene rings is 2. The number of fused-ring (bicyclic) bond motifs is 1. The van der Waals surface area contributed by atoms with Crippen molar-refractivity contribution < 1.29 is 24.3 Å². The number of carboxylic acid groups (broad SMARTS) is 1. The second kappa shape index (κ2) is 12.4. The summed E-state index contributed by atoms with van der Waals surface area (Å²) in [6.07, 6.45) is 1.28. The van der Waals surface area contributed by atoms with Gasteiger partial charge in [0.1, 0.15) is 17.8 Å². The van der Waals surface area contributed by atoms with E-state index in [0.717, 1.165) is 16.3 Å². The van der Waals surface area contributed by atoms with E-state index >= 15 is 0 Å². The highest BCUT2D eigenvalue weighted by Crippen LogP contribution is 2.14. The quantitative estimate of drug-likeness (QED) is 0.326. The standard InChI is InChI=1S/C27H30N4O5/c1-17(2)12-22(30-26(35)21-13-19-10-6-7-11-20(19)16-28-21)27(36)31-23(14-24(32)33)25(34)29-15-18-8-4-3-5-9-18/h3-11,13,16-17,22-23H,12,14-15H2,1-2H3,(H,29,34)(H,30,35)(H,31,36)(H,32,33)/t22-,23-/m0/s1. The van der Waals surface area contributed by atoms with E-state index in [-0.39, 0.29) is 24.6 Å². The summed E-state index contributed by atoms with van der Waals surface area (Å²) in [6.45, 7) is 3.97. The van der Waals surface area contributed by atoms with Gasteiger partial charge in [-0.3, -0.25) is 24.2 Å². The van der Waals surface area contributed by atoms with Crippen molar-refractivity contribution in [3.63, 3.8) is 0 Å². The summed E-state index contributed by atoms with van der Waals surface area (Å²) in [5.74, 6) is -3.00.